The lowest BCUT2D eigenvalue weighted by atomic mass is 10.2. The van der Waals surface area contributed by atoms with E-state index >= 15 is 0 Å². The average Bonchev–Trinajstić information content (AvgIpc) is 2.45. The molecule has 0 bridgehead atoms. The molecule has 0 aliphatic carbocycles. The zero-order valence-corrected chi connectivity index (χ0v) is 11.3. The van der Waals surface area contributed by atoms with Crippen molar-refractivity contribution in [3.63, 3.8) is 0 Å². The summed E-state index contributed by atoms with van der Waals surface area (Å²) in [6.45, 7) is 3.00. The van der Waals surface area contributed by atoms with Crippen molar-refractivity contribution in [1.29, 1.82) is 5.39 Å². The van der Waals surface area contributed by atoms with Gasteiger partial charge in [-0.05, 0) is 6.07 Å². The third kappa shape index (κ3) is 6.31. The van der Waals surface area contributed by atoms with E-state index in [-0.39, 0.29) is 0 Å². The van der Waals surface area contributed by atoms with E-state index in [0.717, 1.165) is 24.5 Å². The van der Waals surface area contributed by atoms with Gasteiger partial charge in [0.1, 0.15) is 11.4 Å². The van der Waals surface area contributed by atoms with Gasteiger partial charge in [0.15, 0.2) is 4.98 Å². The van der Waals surface area contributed by atoms with E-state index in [4.69, 9.17) is 14.9 Å². The number of morpholine rings is 1. The molecule has 1 aliphatic rings. The number of benzene rings is 1. The van der Waals surface area contributed by atoms with Crippen molar-refractivity contribution in [2.24, 2.45) is 0 Å². The summed E-state index contributed by atoms with van der Waals surface area (Å²) >= 11 is 0. The summed E-state index contributed by atoms with van der Waals surface area (Å²) in [5.41, 5.74) is 1.44. The molecule has 0 spiro atoms. The average molecular weight is 307 g/mol. The Bertz CT molecular complexity index is 495. The molecular weight excluding hydrogens is 293 g/mol. The smallest absolute Gasteiger partial charge is 0.497 e. The second-order valence-electron chi connectivity index (χ2n) is 4.05. The monoisotopic (exact) mass is 307 g/mol. The van der Waals surface area contributed by atoms with Crippen LogP contribution in [0.25, 0.3) is 4.98 Å². The topological polar surface area (TPSA) is 49.8 Å². The van der Waals surface area contributed by atoms with Crippen LogP contribution in [0.5, 0.6) is 5.75 Å². The largest absolute Gasteiger partial charge is 0.673 e. The molecule has 0 unspecified atom stereocenters. The Kier molecular flexibility index (Phi) is 6.23. The highest BCUT2D eigenvalue weighted by Crippen LogP contribution is 2.33. The maximum Gasteiger partial charge on any atom is 0.673 e. The second-order valence-corrected chi connectivity index (χ2v) is 4.05. The van der Waals surface area contributed by atoms with Gasteiger partial charge in [-0.25, -0.2) is 0 Å². The van der Waals surface area contributed by atoms with Crippen LogP contribution < -0.4 is 9.64 Å². The Morgan fingerprint density at radius 3 is 2.29 bits per heavy atom. The maximum absolute atomic E-state index is 9.75. The molecule has 2 rings (SSSR count). The predicted molar refractivity (Wildman–Crippen MR) is 71.0 cm³/mol. The van der Waals surface area contributed by atoms with E-state index in [9.17, 15) is 17.3 Å². The molecule has 116 valence electrons. The highest BCUT2D eigenvalue weighted by Gasteiger charge is 2.22. The Hall–Kier alpha value is -2.02. The number of ether oxygens (including phenoxy) is 2. The maximum atomic E-state index is 9.75. The first-order valence-electron chi connectivity index (χ1n) is 6.08. The molecule has 0 saturated carbocycles. The minimum atomic E-state index is -6.00. The first-order chi connectivity index (χ1) is 9.85. The molecule has 1 saturated heterocycles. The van der Waals surface area contributed by atoms with Crippen LogP contribution in [0.1, 0.15) is 0 Å². The van der Waals surface area contributed by atoms with Gasteiger partial charge in [0.25, 0.3) is 0 Å². The summed E-state index contributed by atoms with van der Waals surface area (Å²) in [6, 6.07) is 5.39. The molecule has 10 heteroatoms. The van der Waals surface area contributed by atoms with Gasteiger partial charge in [-0.15, -0.1) is 0 Å². The summed E-state index contributed by atoms with van der Waals surface area (Å²) in [7, 11) is -4.38. The number of anilines is 1. The van der Waals surface area contributed by atoms with Crippen molar-refractivity contribution < 1.29 is 26.7 Å². The number of diazo groups is 1. The lowest BCUT2D eigenvalue weighted by Crippen LogP contribution is -2.36. The van der Waals surface area contributed by atoms with Crippen molar-refractivity contribution in [2.45, 2.75) is 0 Å². The fraction of sp³-hybridized carbons (Fsp3) is 0.455. The third-order valence-electron chi connectivity index (χ3n) is 2.64. The van der Waals surface area contributed by atoms with Gasteiger partial charge in [0.2, 0.25) is 5.39 Å². The number of halogens is 4. The van der Waals surface area contributed by atoms with E-state index in [1.165, 1.54) is 0 Å². The summed E-state index contributed by atoms with van der Waals surface area (Å²) < 4.78 is 49.4. The van der Waals surface area contributed by atoms with Gasteiger partial charge < -0.3 is 31.6 Å². The van der Waals surface area contributed by atoms with Crippen molar-refractivity contribution in [3.05, 3.63) is 23.2 Å². The first-order valence-corrected chi connectivity index (χ1v) is 6.08. The van der Waals surface area contributed by atoms with E-state index in [0.29, 0.717) is 18.9 Å². The molecule has 5 nitrogen and oxygen atoms in total. The molecule has 1 aliphatic heterocycles. The second kappa shape index (κ2) is 7.68. The fourth-order valence-electron chi connectivity index (χ4n) is 1.77. The number of nitrogens with zero attached hydrogens (tertiary/aromatic N) is 3. The normalized spacial score (nSPS) is 14.8. The van der Waals surface area contributed by atoms with Crippen molar-refractivity contribution in [3.8, 4) is 5.75 Å². The molecule has 1 fully saturated rings. The Morgan fingerprint density at radius 1 is 1.24 bits per heavy atom. The summed E-state index contributed by atoms with van der Waals surface area (Å²) in [4.78, 5) is 5.41. The van der Waals surface area contributed by atoms with Gasteiger partial charge in [-0.2, -0.15) is 0 Å². The molecule has 1 aromatic rings. The molecule has 0 amide bonds. The lowest BCUT2D eigenvalue weighted by Gasteiger charge is -2.27. The summed E-state index contributed by atoms with van der Waals surface area (Å²) in [5.74, 6) is 0.758. The van der Waals surface area contributed by atoms with Crippen LogP contribution in [0.3, 0.4) is 0 Å². The van der Waals surface area contributed by atoms with E-state index in [1.54, 1.807) is 19.2 Å². The molecule has 21 heavy (non-hydrogen) atoms. The molecule has 1 heterocycles. The van der Waals surface area contributed by atoms with Crippen molar-refractivity contribution in [2.75, 3.05) is 38.3 Å². The van der Waals surface area contributed by atoms with Gasteiger partial charge in [-0.1, -0.05) is 0 Å². The molecule has 0 aromatic heterocycles. The number of rotatable bonds is 2. The van der Waals surface area contributed by atoms with Crippen LogP contribution in [0.4, 0.5) is 28.6 Å². The predicted octanol–water partition coefficient (Wildman–Crippen LogP) is 3.32. The highest BCUT2D eigenvalue weighted by molar-refractivity contribution is 6.50. The van der Waals surface area contributed by atoms with Crippen LogP contribution >= 0.6 is 0 Å². The van der Waals surface area contributed by atoms with Crippen LogP contribution in [0, 0.1) is 5.39 Å². The van der Waals surface area contributed by atoms with E-state index in [2.05, 4.69) is 9.88 Å². The standard InChI is InChI=1S/C11H14N3O2.BF4/c1-15-9-2-3-10(13-12)11(8-9)14-4-6-16-7-5-14;2-1(3,4)5/h2-3,8H,4-7H2,1H3;/q+1;-1. The number of hydrogen-bond donors (Lipinski definition) is 0. The zero-order valence-electron chi connectivity index (χ0n) is 11.3. The van der Waals surface area contributed by atoms with Crippen molar-refractivity contribution >= 4 is 18.6 Å². The van der Waals surface area contributed by atoms with Gasteiger partial charge in [0.05, 0.1) is 20.3 Å². The number of methoxy groups -OCH3 is 1. The lowest BCUT2D eigenvalue weighted by molar-refractivity contribution is 0.123. The summed E-state index contributed by atoms with van der Waals surface area (Å²) in [6.07, 6.45) is 0. The number of hydrogen-bond acceptors (Lipinski definition) is 4. The van der Waals surface area contributed by atoms with Crippen LogP contribution in [0.2, 0.25) is 0 Å². The SMILES string of the molecule is COc1ccc([N+]#N)c(N2CCOCC2)c1.F[B-](F)(F)F. The van der Waals surface area contributed by atoms with Crippen LogP contribution in [0.15, 0.2) is 18.2 Å². The highest BCUT2D eigenvalue weighted by atomic mass is 19.5. The van der Waals surface area contributed by atoms with E-state index < -0.39 is 7.25 Å². The molecule has 0 atom stereocenters. The van der Waals surface area contributed by atoms with Gasteiger partial charge in [-0.3, -0.25) is 0 Å². The quantitative estimate of drug-likeness (QED) is 0.478. The zero-order chi connectivity index (χ0) is 15.9. The molecule has 0 radical (unpaired) electrons. The minimum Gasteiger partial charge on any atom is -0.497 e. The van der Waals surface area contributed by atoms with E-state index in [1.807, 2.05) is 6.07 Å². The fourth-order valence-corrected chi connectivity index (χ4v) is 1.77. The Balaban J connectivity index is 0.000000383. The Labute approximate surface area is 119 Å². The molecule has 0 N–H and O–H groups in total. The summed E-state index contributed by atoms with van der Waals surface area (Å²) in [5, 5.41) is 8.94. The van der Waals surface area contributed by atoms with Crippen LogP contribution in [-0.2, 0) is 4.74 Å². The van der Waals surface area contributed by atoms with Crippen molar-refractivity contribution in [1.82, 2.24) is 0 Å². The Morgan fingerprint density at radius 2 is 1.81 bits per heavy atom. The van der Waals surface area contributed by atoms with Crippen LogP contribution in [-0.4, -0.2) is 40.7 Å². The van der Waals surface area contributed by atoms with Gasteiger partial charge in [0, 0.05) is 25.2 Å². The first kappa shape index (κ1) is 17.0. The molecular formula is C11H14BF4N3O2. The van der Waals surface area contributed by atoms with Gasteiger partial charge >= 0.3 is 12.9 Å². The minimum absolute atomic E-state index is 0.558. The molecule has 1 aromatic carbocycles. The third-order valence-corrected chi connectivity index (χ3v) is 2.64.